The van der Waals surface area contributed by atoms with Crippen LogP contribution >= 0.6 is 0 Å². The van der Waals surface area contributed by atoms with E-state index in [-0.39, 0.29) is 12.3 Å². The first-order valence-corrected chi connectivity index (χ1v) is 7.93. The van der Waals surface area contributed by atoms with Gasteiger partial charge in [0.1, 0.15) is 11.2 Å². The lowest BCUT2D eigenvalue weighted by molar-refractivity contribution is -0.143. The van der Waals surface area contributed by atoms with Gasteiger partial charge >= 0.3 is 5.97 Å². The van der Waals surface area contributed by atoms with E-state index < -0.39 is 38.2 Å². The third kappa shape index (κ3) is 2.01. The van der Waals surface area contributed by atoms with E-state index in [9.17, 15) is 22.7 Å². The molecule has 7 heteroatoms. The van der Waals surface area contributed by atoms with Crippen LogP contribution in [0.5, 0.6) is 0 Å². The third-order valence-electron chi connectivity index (χ3n) is 3.99. The summed E-state index contributed by atoms with van der Waals surface area (Å²) in [7, 11) is -3.58. The molecule has 1 aromatic carbocycles. The Morgan fingerprint density at radius 2 is 2.15 bits per heavy atom. The first kappa shape index (κ1) is 14.9. The predicted octanol–water partition coefficient (Wildman–Crippen LogP) is 0.756. The molecule has 1 fully saturated rings. The second-order valence-corrected chi connectivity index (χ2v) is 7.37. The number of rotatable bonds is 5. The fraction of sp³-hybridized carbons (Fsp3) is 0.462. The Hall–Kier alpha value is -1.47. The molecule has 1 aromatic rings. The number of hydrogen-bond donors (Lipinski definition) is 2. The molecule has 0 amide bonds. The van der Waals surface area contributed by atoms with Crippen molar-refractivity contribution in [1.29, 1.82) is 0 Å². The summed E-state index contributed by atoms with van der Waals surface area (Å²) in [6, 6.07) is 5.36. The molecule has 0 spiro atoms. The molecule has 0 radical (unpaired) electrons. The molecule has 110 valence electrons. The predicted molar refractivity (Wildman–Crippen MR) is 71.5 cm³/mol. The minimum Gasteiger partial charge on any atom is -0.481 e. The number of aliphatic carboxylic acids is 1. The van der Waals surface area contributed by atoms with E-state index in [4.69, 9.17) is 5.73 Å². The van der Waals surface area contributed by atoms with Crippen molar-refractivity contribution in [3.8, 4) is 0 Å². The highest BCUT2D eigenvalue weighted by atomic mass is 32.2. The highest BCUT2D eigenvalue weighted by Gasteiger charge is 2.74. The van der Waals surface area contributed by atoms with E-state index in [1.165, 1.54) is 31.2 Å². The Labute approximate surface area is 116 Å². The number of benzene rings is 1. The van der Waals surface area contributed by atoms with Crippen LogP contribution < -0.4 is 5.73 Å². The number of carboxylic acid groups (broad SMARTS) is 1. The van der Waals surface area contributed by atoms with Crippen molar-refractivity contribution >= 4 is 15.8 Å². The maximum Gasteiger partial charge on any atom is 0.312 e. The topological polar surface area (TPSA) is 97.5 Å². The molecule has 0 bridgehead atoms. The van der Waals surface area contributed by atoms with E-state index in [0.29, 0.717) is 5.56 Å². The molecule has 0 unspecified atom stereocenters. The van der Waals surface area contributed by atoms with Gasteiger partial charge in [0.15, 0.2) is 9.84 Å². The number of halogens is 1. The molecule has 0 aromatic heterocycles. The minimum absolute atomic E-state index is 0.168. The Kier molecular flexibility index (Phi) is 3.60. The zero-order valence-corrected chi connectivity index (χ0v) is 11.7. The highest BCUT2D eigenvalue weighted by molar-refractivity contribution is 7.92. The zero-order valence-electron chi connectivity index (χ0n) is 10.9. The van der Waals surface area contributed by atoms with Crippen LogP contribution in [-0.4, -0.2) is 37.0 Å². The van der Waals surface area contributed by atoms with Crippen LogP contribution in [0.1, 0.15) is 18.4 Å². The van der Waals surface area contributed by atoms with Crippen LogP contribution in [0.3, 0.4) is 0 Å². The summed E-state index contributed by atoms with van der Waals surface area (Å²) in [4.78, 5) is 11.5. The van der Waals surface area contributed by atoms with Gasteiger partial charge in [0.2, 0.25) is 0 Å². The summed E-state index contributed by atoms with van der Waals surface area (Å²) >= 11 is 0. The van der Waals surface area contributed by atoms with E-state index >= 15 is 0 Å². The van der Waals surface area contributed by atoms with Gasteiger partial charge in [-0.1, -0.05) is 19.1 Å². The number of carboxylic acids is 1. The normalized spacial score (nSPS) is 29.1. The Morgan fingerprint density at radius 3 is 2.60 bits per heavy atom. The standard InChI is InChI=1S/C13H16FNO4S/c1-2-20(18,19)11-10(13(11,7-15)12(16)17)8-4-3-5-9(14)6-8/h3-6,10-11H,2,7,15H2,1H3,(H,16,17)/t10-,11+,13-/m1/s1. The smallest absolute Gasteiger partial charge is 0.312 e. The van der Waals surface area contributed by atoms with Crippen molar-refractivity contribution in [1.82, 2.24) is 0 Å². The van der Waals surface area contributed by atoms with Crippen molar-refractivity contribution in [2.75, 3.05) is 12.3 Å². The van der Waals surface area contributed by atoms with Crippen LogP contribution in [0.2, 0.25) is 0 Å². The number of nitrogens with two attached hydrogens (primary N) is 1. The van der Waals surface area contributed by atoms with Crippen molar-refractivity contribution in [2.24, 2.45) is 11.1 Å². The molecule has 0 saturated heterocycles. The quantitative estimate of drug-likeness (QED) is 0.836. The van der Waals surface area contributed by atoms with Crippen LogP contribution in [0.25, 0.3) is 0 Å². The Morgan fingerprint density at radius 1 is 1.50 bits per heavy atom. The van der Waals surface area contributed by atoms with Crippen LogP contribution in [0.4, 0.5) is 4.39 Å². The molecule has 0 heterocycles. The van der Waals surface area contributed by atoms with Gasteiger partial charge in [0.05, 0.1) is 5.25 Å². The van der Waals surface area contributed by atoms with Gasteiger partial charge in [-0.2, -0.15) is 0 Å². The summed E-state index contributed by atoms with van der Waals surface area (Å²) in [6.45, 7) is 1.16. The van der Waals surface area contributed by atoms with Crippen LogP contribution in [0, 0.1) is 11.2 Å². The molecule has 3 N–H and O–H groups in total. The van der Waals surface area contributed by atoms with Gasteiger partial charge < -0.3 is 10.8 Å². The molecule has 3 atom stereocenters. The molecule has 1 aliphatic carbocycles. The van der Waals surface area contributed by atoms with Crippen LogP contribution in [0.15, 0.2) is 24.3 Å². The molecule has 5 nitrogen and oxygen atoms in total. The Balaban J connectivity index is 2.54. The second-order valence-electron chi connectivity index (χ2n) is 4.95. The van der Waals surface area contributed by atoms with E-state index in [2.05, 4.69) is 0 Å². The SMILES string of the molecule is CCS(=O)(=O)[C@H]1[C@@H](c2cccc(F)c2)[C@@]1(CN)C(=O)O. The monoisotopic (exact) mass is 301 g/mol. The fourth-order valence-electron chi connectivity index (χ4n) is 2.87. The van der Waals surface area contributed by atoms with Crippen molar-refractivity contribution in [2.45, 2.75) is 18.1 Å². The molecule has 20 heavy (non-hydrogen) atoms. The van der Waals surface area contributed by atoms with Gasteiger partial charge in [0.25, 0.3) is 0 Å². The average molecular weight is 301 g/mol. The van der Waals surface area contributed by atoms with Gasteiger partial charge in [-0.3, -0.25) is 4.79 Å². The number of hydrogen-bond acceptors (Lipinski definition) is 4. The summed E-state index contributed by atoms with van der Waals surface area (Å²) in [6.07, 6.45) is 0. The number of sulfone groups is 1. The lowest BCUT2D eigenvalue weighted by atomic mass is 9.99. The summed E-state index contributed by atoms with van der Waals surface area (Å²) < 4.78 is 37.5. The average Bonchev–Trinajstić information content (AvgIpc) is 3.10. The van der Waals surface area contributed by atoms with Gasteiger partial charge in [-0.25, -0.2) is 12.8 Å². The first-order valence-electron chi connectivity index (χ1n) is 6.21. The number of carbonyl (C=O) groups is 1. The van der Waals surface area contributed by atoms with Gasteiger partial charge in [-0.15, -0.1) is 0 Å². The molecule has 1 saturated carbocycles. The highest BCUT2D eigenvalue weighted by Crippen LogP contribution is 2.62. The van der Waals surface area contributed by atoms with E-state index in [1.807, 2.05) is 0 Å². The second kappa shape index (κ2) is 4.82. The lowest BCUT2D eigenvalue weighted by Gasteiger charge is -2.09. The molecule has 1 aliphatic rings. The summed E-state index contributed by atoms with van der Waals surface area (Å²) in [5, 5.41) is 8.30. The maximum absolute atomic E-state index is 13.3. The fourth-order valence-corrected chi connectivity index (χ4v) is 4.95. The maximum atomic E-state index is 13.3. The lowest BCUT2D eigenvalue weighted by Crippen LogP contribution is -2.32. The van der Waals surface area contributed by atoms with E-state index in [1.54, 1.807) is 0 Å². The zero-order chi connectivity index (χ0) is 15.1. The summed E-state index contributed by atoms with van der Waals surface area (Å²) in [5.41, 5.74) is 4.35. The molecule has 0 aliphatic heterocycles. The van der Waals surface area contributed by atoms with E-state index in [0.717, 1.165) is 0 Å². The largest absolute Gasteiger partial charge is 0.481 e. The van der Waals surface area contributed by atoms with Gasteiger partial charge in [0, 0.05) is 18.2 Å². The van der Waals surface area contributed by atoms with Crippen LogP contribution in [-0.2, 0) is 14.6 Å². The molecular formula is C13H16FNO4S. The molecule has 2 rings (SSSR count). The van der Waals surface area contributed by atoms with Gasteiger partial charge in [-0.05, 0) is 17.7 Å². The molecular weight excluding hydrogens is 285 g/mol. The third-order valence-corrected chi connectivity index (χ3v) is 6.26. The first-order chi connectivity index (χ1) is 9.31. The van der Waals surface area contributed by atoms with Crippen molar-refractivity contribution < 1.29 is 22.7 Å². The Bertz CT molecular complexity index is 646. The van der Waals surface area contributed by atoms with Crippen molar-refractivity contribution in [3.63, 3.8) is 0 Å². The van der Waals surface area contributed by atoms with Crippen molar-refractivity contribution in [3.05, 3.63) is 35.6 Å². The summed E-state index contributed by atoms with van der Waals surface area (Å²) in [5.74, 6) is -2.75. The minimum atomic E-state index is -3.58.